The molecule has 0 aliphatic carbocycles. The summed E-state index contributed by atoms with van der Waals surface area (Å²) >= 11 is 0. The SMILES string of the molecule is CCC(C(=O)O)c1cc(F)ccc1F. The van der Waals surface area contributed by atoms with Gasteiger partial charge in [-0.05, 0) is 24.6 Å². The first-order valence-electron chi connectivity index (χ1n) is 4.24. The highest BCUT2D eigenvalue weighted by Gasteiger charge is 2.21. The quantitative estimate of drug-likeness (QED) is 0.814. The molecule has 0 saturated carbocycles. The van der Waals surface area contributed by atoms with E-state index in [9.17, 15) is 13.6 Å². The molecule has 76 valence electrons. The largest absolute Gasteiger partial charge is 0.481 e. The zero-order valence-corrected chi connectivity index (χ0v) is 7.63. The van der Waals surface area contributed by atoms with Crippen LogP contribution in [0.1, 0.15) is 24.8 Å². The number of aliphatic carboxylic acids is 1. The van der Waals surface area contributed by atoms with Crippen molar-refractivity contribution in [2.75, 3.05) is 0 Å². The van der Waals surface area contributed by atoms with E-state index in [1.807, 2.05) is 0 Å². The molecular weight excluding hydrogens is 190 g/mol. The number of carbonyl (C=O) groups is 1. The number of hydrogen-bond acceptors (Lipinski definition) is 1. The summed E-state index contributed by atoms with van der Waals surface area (Å²) in [6.45, 7) is 1.61. The molecule has 0 amide bonds. The fourth-order valence-electron chi connectivity index (χ4n) is 1.31. The minimum absolute atomic E-state index is 0.0972. The summed E-state index contributed by atoms with van der Waals surface area (Å²) in [5.74, 6) is -3.43. The zero-order chi connectivity index (χ0) is 10.7. The number of carboxylic acids is 1. The van der Waals surface area contributed by atoms with Gasteiger partial charge < -0.3 is 5.11 Å². The Morgan fingerprint density at radius 3 is 2.64 bits per heavy atom. The van der Waals surface area contributed by atoms with E-state index >= 15 is 0 Å². The Bertz CT molecular complexity index is 350. The predicted octanol–water partition coefficient (Wildman–Crippen LogP) is 2.54. The number of carboxylic acid groups (broad SMARTS) is 1. The van der Waals surface area contributed by atoms with E-state index in [1.165, 1.54) is 0 Å². The molecule has 0 heterocycles. The van der Waals surface area contributed by atoms with Crippen LogP contribution in [0.25, 0.3) is 0 Å². The second-order valence-electron chi connectivity index (χ2n) is 2.96. The molecule has 1 rings (SSSR count). The van der Waals surface area contributed by atoms with Gasteiger partial charge in [0.15, 0.2) is 0 Å². The molecule has 0 radical (unpaired) electrons. The Morgan fingerprint density at radius 2 is 2.14 bits per heavy atom. The van der Waals surface area contributed by atoms with Crippen LogP contribution in [-0.4, -0.2) is 11.1 Å². The van der Waals surface area contributed by atoms with E-state index in [2.05, 4.69) is 0 Å². The summed E-state index contributed by atoms with van der Waals surface area (Å²) in [5.41, 5.74) is -0.0972. The molecule has 14 heavy (non-hydrogen) atoms. The molecule has 1 unspecified atom stereocenters. The van der Waals surface area contributed by atoms with Crippen molar-refractivity contribution in [3.8, 4) is 0 Å². The van der Waals surface area contributed by atoms with E-state index < -0.39 is 23.5 Å². The average Bonchev–Trinajstić information content (AvgIpc) is 2.11. The minimum atomic E-state index is -1.14. The summed E-state index contributed by atoms with van der Waals surface area (Å²) in [5, 5.41) is 8.75. The third-order valence-corrected chi connectivity index (χ3v) is 2.04. The molecule has 0 aliphatic heterocycles. The van der Waals surface area contributed by atoms with Crippen LogP contribution in [-0.2, 0) is 4.79 Å². The maximum Gasteiger partial charge on any atom is 0.311 e. The molecule has 0 fully saturated rings. The van der Waals surface area contributed by atoms with Crippen LogP contribution in [0.3, 0.4) is 0 Å². The fourth-order valence-corrected chi connectivity index (χ4v) is 1.31. The first kappa shape index (κ1) is 10.6. The lowest BCUT2D eigenvalue weighted by molar-refractivity contribution is -0.138. The molecule has 0 bridgehead atoms. The molecule has 1 aromatic rings. The molecule has 0 aliphatic rings. The standard InChI is InChI=1S/C10H10F2O2/c1-2-7(10(13)14)8-5-6(11)3-4-9(8)12/h3-5,7H,2H2,1H3,(H,13,14). The zero-order valence-electron chi connectivity index (χ0n) is 7.63. The summed E-state index contributed by atoms with van der Waals surface area (Å²) in [6, 6.07) is 2.83. The molecular formula is C10H10F2O2. The van der Waals surface area contributed by atoms with Gasteiger partial charge in [-0.2, -0.15) is 0 Å². The highest BCUT2D eigenvalue weighted by molar-refractivity contribution is 5.76. The van der Waals surface area contributed by atoms with Crippen LogP contribution in [0.5, 0.6) is 0 Å². The topological polar surface area (TPSA) is 37.3 Å². The van der Waals surface area contributed by atoms with Crippen molar-refractivity contribution in [1.29, 1.82) is 0 Å². The molecule has 0 aromatic heterocycles. The highest BCUT2D eigenvalue weighted by atomic mass is 19.1. The Balaban J connectivity index is 3.15. The van der Waals surface area contributed by atoms with Crippen LogP contribution >= 0.6 is 0 Å². The Morgan fingerprint density at radius 1 is 1.50 bits per heavy atom. The Kier molecular flexibility index (Phi) is 3.17. The maximum atomic E-state index is 13.1. The van der Waals surface area contributed by atoms with Crippen molar-refractivity contribution in [1.82, 2.24) is 0 Å². The number of hydrogen-bond donors (Lipinski definition) is 1. The normalized spacial score (nSPS) is 12.5. The summed E-state index contributed by atoms with van der Waals surface area (Å²) in [6.07, 6.45) is 0.232. The predicted molar refractivity (Wildman–Crippen MR) is 47.0 cm³/mol. The fraction of sp³-hybridized carbons (Fsp3) is 0.300. The lowest BCUT2D eigenvalue weighted by Crippen LogP contribution is -2.12. The van der Waals surface area contributed by atoms with Gasteiger partial charge in [-0.1, -0.05) is 6.92 Å². The number of rotatable bonds is 3. The van der Waals surface area contributed by atoms with E-state index in [4.69, 9.17) is 5.11 Å². The summed E-state index contributed by atoms with van der Waals surface area (Å²) < 4.78 is 25.9. The van der Waals surface area contributed by atoms with Gasteiger partial charge in [-0.3, -0.25) is 4.79 Å². The third kappa shape index (κ3) is 2.07. The van der Waals surface area contributed by atoms with Crippen LogP contribution in [0, 0.1) is 11.6 Å². The van der Waals surface area contributed by atoms with Gasteiger partial charge >= 0.3 is 5.97 Å². The highest BCUT2D eigenvalue weighted by Crippen LogP contribution is 2.23. The molecule has 4 heteroatoms. The van der Waals surface area contributed by atoms with Crippen molar-refractivity contribution in [2.24, 2.45) is 0 Å². The van der Waals surface area contributed by atoms with Crippen LogP contribution < -0.4 is 0 Å². The van der Waals surface area contributed by atoms with Crippen LogP contribution in [0.2, 0.25) is 0 Å². The van der Waals surface area contributed by atoms with Crippen molar-refractivity contribution in [3.05, 3.63) is 35.4 Å². The molecule has 2 nitrogen and oxygen atoms in total. The first-order chi connectivity index (χ1) is 6.56. The molecule has 1 aromatic carbocycles. The number of halogens is 2. The van der Waals surface area contributed by atoms with Gasteiger partial charge in [0.05, 0.1) is 5.92 Å². The molecule has 1 N–H and O–H groups in total. The van der Waals surface area contributed by atoms with E-state index in [-0.39, 0.29) is 12.0 Å². The van der Waals surface area contributed by atoms with E-state index in [0.717, 1.165) is 18.2 Å². The van der Waals surface area contributed by atoms with Crippen LogP contribution in [0.15, 0.2) is 18.2 Å². The smallest absolute Gasteiger partial charge is 0.311 e. The second-order valence-corrected chi connectivity index (χ2v) is 2.96. The second kappa shape index (κ2) is 4.17. The van der Waals surface area contributed by atoms with Crippen molar-refractivity contribution >= 4 is 5.97 Å². The van der Waals surface area contributed by atoms with Crippen LogP contribution in [0.4, 0.5) is 8.78 Å². The molecule has 1 atom stereocenters. The van der Waals surface area contributed by atoms with Gasteiger partial charge in [-0.25, -0.2) is 8.78 Å². The van der Waals surface area contributed by atoms with Gasteiger partial charge in [0.25, 0.3) is 0 Å². The number of benzene rings is 1. The summed E-state index contributed by atoms with van der Waals surface area (Å²) in [4.78, 5) is 10.7. The average molecular weight is 200 g/mol. The first-order valence-corrected chi connectivity index (χ1v) is 4.24. The van der Waals surface area contributed by atoms with Crippen molar-refractivity contribution in [2.45, 2.75) is 19.3 Å². The maximum absolute atomic E-state index is 13.1. The summed E-state index contributed by atoms with van der Waals surface area (Å²) in [7, 11) is 0. The van der Waals surface area contributed by atoms with Crippen molar-refractivity contribution < 1.29 is 18.7 Å². The third-order valence-electron chi connectivity index (χ3n) is 2.04. The van der Waals surface area contributed by atoms with Gasteiger partial charge in [0.1, 0.15) is 11.6 Å². The van der Waals surface area contributed by atoms with Gasteiger partial charge in [-0.15, -0.1) is 0 Å². The Hall–Kier alpha value is -1.45. The van der Waals surface area contributed by atoms with Gasteiger partial charge in [0, 0.05) is 5.56 Å². The van der Waals surface area contributed by atoms with Crippen molar-refractivity contribution in [3.63, 3.8) is 0 Å². The van der Waals surface area contributed by atoms with Gasteiger partial charge in [0.2, 0.25) is 0 Å². The molecule has 0 saturated heterocycles. The lowest BCUT2D eigenvalue weighted by Gasteiger charge is -2.10. The van der Waals surface area contributed by atoms with E-state index in [0.29, 0.717) is 0 Å². The minimum Gasteiger partial charge on any atom is -0.481 e. The Labute approximate surface area is 80.2 Å². The monoisotopic (exact) mass is 200 g/mol. The lowest BCUT2D eigenvalue weighted by atomic mass is 9.96. The van der Waals surface area contributed by atoms with E-state index in [1.54, 1.807) is 6.92 Å². The molecule has 0 spiro atoms.